The topological polar surface area (TPSA) is 75.7 Å². The van der Waals surface area contributed by atoms with Crippen molar-refractivity contribution in [3.8, 4) is 11.1 Å². The number of sulfonamides is 1. The van der Waals surface area contributed by atoms with E-state index < -0.39 is 10.0 Å². The first-order valence-corrected chi connectivity index (χ1v) is 12.4. The van der Waals surface area contributed by atoms with Gasteiger partial charge in [0.2, 0.25) is 10.0 Å². The Balaban J connectivity index is 1.48. The van der Waals surface area contributed by atoms with Gasteiger partial charge >= 0.3 is 0 Å². The number of amides is 1. The normalized spacial score (nSPS) is 15.0. The van der Waals surface area contributed by atoms with Gasteiger partial charge in [-0.15, -0.1) is 11.3 Å². The van der Waals surface area contributed by atoms with Crippen LogP contribution in [0.15, 0.2) is 64.9 Å². The number of nitrogens with zero attached hydrogens (tertiary/aromatic N) is 1. The second-order valence-electron chi connectivity index (χ2n) is 7.38. The number of carbonyl (C=O) groups excluding carboxylic acids is 1. The maximum atomic E-state index is 13.0. The Morgan fingerprint density at radius 1 is 1.06 bits per heavy atom. The molecule has 1 saturated heterocycles. The van der Waals surface area contributed by atoms with E-state index >= 15 is 0 Å². The van der Waals surface area contributed by atoms with Gasteiger partial charge in [-0.1, -0.05) is 48.0 Å². The molecular formula is C23H24N2O4S2. The number of nitrogens with one attached hydrogen (secondary N) is 1. The van der Waals surface area contributed by atoms with E-state index in [1.54, 1.807) is 5.38 Å². The summed E-state index contributed by atoms with van der Waals surface area (Å²) in [5, 5.41) is 4.51. The van der Waals surface area contributed by atoms with Gasteiger partial charge in [0, 0.05) is 19.6 Å². The number of benzene rings is 2. The summed E-state index contributed by atoms with van der Waals surface area (Å²) in [6, 6.07) is 17.7. The molecule has 0 aliphatic carbocycles. The number of thiophene rings is 1. The minimum atomic E-state index is -3.72. The van der Waals surface area contributed by atoms with E-state index in [9.17, 15) is 13.2 Å². The van der Waals surface area contributed by atoms with Crippen molar-refractivity contribution in [1.82, 2.24) is 9.62 Å². The quantitative estimate of drug-likeness (QED) is 0.614. The van der Waals surface area contributed by atoms with E-state index in [4.69, 9.17) is 4.74 Å². The van der Waals surface area contributed by atoms with Crippen molar-refractivity contribution >= 4 is 27.3 Å². The first kappa shape index (κ1) is 21.7. The highest BCUT2D eigenvalue weighted by atomic mass is 32.2. The Labute approximate surface area is 186 Å². The molecule has 4 rings (SSSR count). The molecule has 0 radical (unpaired) electrons. The van der Waals surface area contributed by atoms with Gasteiger partial charge < -0.3 is 10.1 Å². The second-order valence-corrected chi connectivity index (χ2v) is 10.2. The molecule has 0 bridgehead atoms. The molecule has 1 fully saturated rings. The summed E-state index contributed by atoms with van der Waals surface area (Å²) >= 11 is 1.14. The minimum Gasteiger partial charge on any atom is -0.379 e. The van der Waals surface area contributed by atoms with Gasteiger partial charge in [0.15, 0.2) is 0 Å². The summed E-state index contributed by atoms with van der Waals surface area (Å²) < 4.78 is 32.6. The fraction of sp³-hybridized carbons (Fsp3) is 0.261. The molecule has 31 heavy (non-hydrogen) atoms. The van der Waals surface area contributed by atoms with Crippen molar-refractivity contribution in [2.75, 3.05) is 26.3 Å². The monoisotopic (exact) mass is 456 g/mol. The van der Waals surface area contributed by atoms with Gasteiger partial charge in [-0.05, 0) is 41.1 Å². The van der Waals surface area contributed by atoms with Crippen molar-refractivity contribution < 1.29 is 17.9 Å². The van der Waals surface area contributed by atoms with E-state index in [1.807, 2.05) is 30.3 Å². The molecule has 2 heterocycles. The second kappa shape index (κ2) is 9.32. The van der Waals surface area contributed by atoms with Gasteiger partial charge in [0.25, 0.3) is 5.91 Å². The van der Waals surface area contributed by atoms with Gasteiger partial charge in [-0.3, -0.25) is 4.79 Å². The molecule has 2 aromatic carbocycles. The zero-order valence-corrected chi connectivity index (χ0v) is 18.8. The summed E-state index contributed by atoms with van der Waals surface area (Å²) in [5.41, 5.74) is 4.32. The SMILES string of the molecule is Cc1cccc(-c2cccc(CNC(=O)c3sccc3S(=O)(=O)N3CCOCC3)c2)c1. The number of aryl methyl sites for hydroxylation is 1. The van der Waals surface area contributed by atoms with Crippen molar-refractivity contribution in [3.63, 3.8) is 0 Å². The van der Waals surface area contributed by atoms with E-state index in [2.05, 4.69) is 30.4 Å². The Hall–Kier alpha value is -2.52. The average molecular weight is 457 g/mol. The van der Waals surface area contributed by atoms with Crippen LogP contribution < -0.4 is 5.32 Å². The number of rotatable bonds is 6. The fourth-order valence-corrected chi connectivity index (χ4v) is 6.27. The molecule has 1 amide bonds. The average Bonchev–Trinajstić information content (AvgIpc) is 3.29. The number of hydrogen-bond acceptors (Lipinski definition) is 5. The zero-order valence-electron chi connectivity index (χ0n) is 17.2. The first-order valence-electron chi connectivity index (χ1n) is 10.0. The number of carbonyl (C=O) groups is 1. The molecular weight excluding hydrogens is 432 g/mol. The molecule has 0 spiro atoms. The lowest BCUT2D eigenvalue weighted by atomic mass is 10.0. The van der Waals surface area contributed by atoms with Crippen molar-refractivity contribution in [3.05, 3.63) is 76.0 Å². The largest absolute Gasteiger partial charge is 0.379 e. The van der Waals surface area contributed by atoms with Crippen LogP contribution in [0.5, 0.6) is 0 Å². The summed E-state index contributed by atoms with van der Waals surface area (Å²) in [5.74, 6) is -0.386. The summed E-state index contributed by atoms with van der Waals surface area (Å²) in [7, 11) is -3.72. The van der Waals surface area contributed by atoms with Gasteiger partial charge in [0.05, 0.1) is 13.2 Å². The molecule has 3 aromatic rings. The maximum Gasteiger partial charge on any atom is 0.263 e. The fourth-order valence-electron chi connectivity index (χ4n) is 3.54. The molecule has 0 saturated carbocycles. The maximum absolute atomic E-state index is 13.0. The highest BCUT2D eigenvalue weighted by Crippen LogP contribution is 2.26. The smallest absolute Gasteiger partial charge is 0.263 e. The van der Waals surface area contributed by atoms with Crippen LogP contribution in [-0.2, 0) is 21.3 Å². The van der Waals surface area contributed by atoms with Crippen LogP contribution >= 0.6 is 11.3 Å². The lowest BCUT2D eigenvalue weighted by molar-refractivity contribution is 0.0730. The lowest BCUT2D eigenvalue weighted by Gasteiger charge is -2.26. The van der Waals surface area contributed by atoms with Crippen molar-refractivity contribution in [2.24, 2.45) is 0 Å². The zero-order chi connectivity index (χ0) is 21.8. The third kappa shape index (κ3) is 4.88. The molecule has 0 unspecified atom stereocenters. The number of hydrogen-bond donors (Lipinski definition) is 1. The molecule has 1 N–H and O–H groups in total. The Morgan fingerprint density at radius 3 is 2.52 bits per heavy atom. The van der Waals surface area contributed by atoms with E-state index in [0.29, 0.717) is 32.8 Å². The molecule has 8 heteroatoms. The van der Waals surface area contributed by atoms with Crippen molar-refractivity contribution in [1.29, 1.82) is 0 Å². The molecule has 0 atom stereocenters. The van der Waals surface area contributed by atoms with Gasteiger partial charge in [-0.2, -0.15) is 4.31 Å². The first-order chi connectivity index (χ1) is 14.9. The van der Waals surface area contributed by atoms with Crippen LogP contribution in [0.3, 0.4) is 0 Å². The van der Waals surface area contributed by atoms with Crippen LogP contribution in [0.25, 0.3) is 11.1 Å². The molecule has 6 nitrogen and oxygen atoms in total. The standard InChI is InChI=1S/C23H24N2O4S2/c1-17-4-2-6-19(14-17)20-7-3-5-18(15-20)16-24-23(26)22-21(8-13-30-22)31(27,28)25-9-11-29-12-10-25/h2-8,13-15H,9-12,16H2,1H3,(H,24,26). The van der Waals surface area contributed by atoms with Crippen LogP contribution in [0.1, 0.15) is 20.8 Å². The summed E-state index contributed by atoms with van der Waals surface area (Å²) in [6.45, 7) is 3.69. The molecule has 1 aliphatic heterocycles. The molecule has 162 valence electrons. The summed E-state index contributed by atoms with van der Waals surface area (Å²) in [4.78, 5) is 13.1. The van der Waals surface area contributed by atoms with Crippen LogP contribution in [-0.4, -0.2) is 44.9 Å². The van der Waals surface area contributed by atoms with E-state index in [1.165, 1.54) is 15.9 Å². The Morgan fingerprint density at radius 2 is 1.77 bits per heavy atom. The highest BCUT2D eigenvalue weighted by Gasteiger charge is 2.31. The minimum absolute atomic E-state index is 0.0606. The van der Waals surface area contributed by atoms with Gasteiger partial charge in [-0.25, -0.2) is 8.42 Å². The van der Waals surface area contributed by atoms with E-state index in [0.717, 1.165) is 28.0 Å². The number of ether oxygens (including phenoxy) is 1. The highest BCUT2D eigenvalue weighted by molar-refractivity contribution is 7.89. The third-order valence-electron chi connectivity index (χ3n) is 5.15. The molecule has 1 aromatic heterocycles. The van der Waals surface area contributed by atoms with Crippen molar-refractivity contribution in [2.45, 2.75) is 18.4 Å². The predicted octanol–water partition coefficient (Wildman–Crippen LogP) is 3.67. The summed E-state index contributed by atoms with van der Waals surface area (Å²) in [6.07, 6.45) is 0. The lowest BCUT2D eigenvalue weighted by Crippen LogP contribution is -2.41. The molecule has 1 aliphatic rings. The van der Waals surface area contributed by atoms with Crippen LogP contribution in [0.4, 0.5) is 0 Å². The third-order valence-corrected chi connectivity index (χ3v) is 8.14. The number of morpholine rings is 1. The van der Waals surface area contributed by atoms with Gasteiger partial charge in [0.1, 0.15) is 9.77 Å². The Kier molecular flexibility index (Phi) is 6.52. The Bertz CT molecular complexity index is 1180. The van der Waals surface area contributed by atoms with Crippen LogP contribution in [0, 0.1) is 6.92 Å². The van der Waals surface area contributed by atoms with E-state index in [-0.39, 0.29) is 15.7 Å². The van der Waals surface area contributed by atoms with Crippen LogP contribution in [0.2, 0.25) is 0 Å². The predicted molar refractivity (Wildman–Crippen MR) is 122 cm³/mol.